The zero-order valence-corrected chi connectivity index (χ0v) is 23.7. The number of para-hydroxylation sites is 1. The largest absolute Gasteiger partial charge is 0.467 e. The number of fused-ring (bicyclic) bond motifs is 1. The summed E-state index contributed by atoms with van der Waals surface area (Å²) >= 11 is 0. The summed E-state index contributed by atoms with van der Waals surface area (Å²) in [5.74, 6) is -2.70. The number of carbonyl (C=O) groups excluding carboxylic acids is 2. The Kier molecular flexibility index (Phi) is 8.98. The number of ether oxygens (including phenoxy) is 2. The van der Waals surface area contributed by atoms with Crippen molar-refractivity contribution in [2.24, 2.45) is 0 Å². The minimum Gasteiger partial charge on any atom is -0.467 e. The second kappa shape index (κ2) is 13.0. The van der Waals surface area contributed by atoms with Gasteiger partial charge in [0, 0.05) is 24.2 Å². The van der Waals surface area contributed by atoms with Gasteiger partial charge >= 0.3 is 11.9 Å². The van der Waals surface area contributed by atoms with Crippen molar-refractivity contribution in [3.63, 3.8) is 0 Å². The number of benzene rings is 4. The van der Waals surface area contributed by atoms with E-state index >= 15 is 0 Å². The van der Waals surface area contributed by atoms with Crippen LogP contribution in [0.15, 0.2) is 97.1 Å². The number of carbonyl (C=O) groups is 2. The summed E-state index contributed by atoms with van der Waals surface area (Å²) in [6.45, 7) is -0.913. The van der Waals surface area contributed by atoms with Gasteiger partial charge in [0.05, 0.1) is 24.9 Å². The summed E-state index contributed by atoms with van der Waals surface area (Å²) in [5, 5.41) is 24.7. The molecule has 0 bridgehead atoms. The van der Waals surface area contributed by atoms with E-state index in [0.717, 1.165) is 23.9 Å². The lowest BCUT2D eigenvalue weighted by atomic mass is 10.1. The molecular formula is C33H29F2N3O6. The van der Waals surface area contributed by atoms with Gasteiger partial charge in [-0.15, -0.1) is 0 Å². The van der Waals surface area contributed by atoms with Crippen LogP contribution in [0.5, 0.6) is 0 Å². The van der Waals surface area contributed by atoms with E-state index in [-0.39, 0.29) is 17.3 Å². The van der Waals surface area contributed by atoms with E-state index in [1.54, 1.807) is 53.2 Å². The predicted octanol–water partition coefficient (Wildman–Crippen LogP) is 4.56. The normalized spacial score (nSPS) is 12.5. The van der Waals surface area contributed by atoms with Crippen LogP contribution < -0.4 is 4.90 Å². The summed E-state index contributed by atoms with van der Waals surface area (Å²) in [4.78, 5) is 26.9. The van der Waals surface area contributed by atoms with Crippen molar-refractivity contribution < 1.29 is 38.1 Å². The highest BCUT2D eigenvalue weighted by molar-refractivity contribution is 6.02. The zero-order valence-electron chi connectivity index (χ0n) is 23.7. The standard InChI is InChI=1S/C33H29F2N3O6/c1-43-32(41)33(42,20-39)21-44-31(40)30-28-4-2-3-5-29(28)38(36-30)27-16-14-26(15-17-27)37(18-22-6-10-24(34)11-7-22)19-23-8-12-25(35)13-9-23/h2-17,39,42H,18-21H2,1H3/t33-/m1/s1. The van der Waals surface area contributed by atoms with Crippen molar-refractivity contribution in [1.82, 2.24) is 9.78 Å². The van der Waals surface area contributed by atoms with E-state index in [1.807, 2.05) is 24.3 Å². The van der Waals surface area contributed by atoms with Gasteiger partial charge in [-0.1, -0.05) is 42.5 Å². The highest BCUT2D eigenvalue weighted by Gasteiger charge is 2.39. The van der Waals surface area contributed by atoms with Crippen molar-refractivity contribution in [1.29, 1.82) is 0 Å². The van der Waals surface area contributed by atoms with E-state index in [2.05, 4.69) is 14.7 Å². The van der Waals surface area contributed by atoms with Crippen LogP contribution in [0.2, 0.25) is 0 Å². The monoisotopic (exact) mass is 601 g/mol. The molecule has 0 fully saturated rings. The van der Waals surface area contributed by atoms with Crippen LogP contribution in [0.1, 0.15) is 21.6 Å². The average molecular weight is 602 g/mol. The highest BCUT2D eigenvalue weighted by atomic mass is 19.1. The fourth-order valence-corrected chi connectivity index (χ4v) is 4.69. The molecule has 0 unspecified atom stereocenters. The third kappa shape index (κ3) is 6.59. The Labute approximate surface area is 251 Å². The number of halogens is 2. The minimum atomic E-state index is -2.41. The van der Waals surface area contributed by atoms with Crippen LogP contribution in [-0.4, -0.2) is 57.9 Å². The number of aliphatic hydroxyl groups excluding tert-OH is 1. The molecule has 5 rings (SSSR count). The topological polar surface area (TPSA) is 114 Å². The molecule has 11 heteroatoms. The molecule has 0 saturated heterocycles. The summed E-state index contributed by atoms with van der Waals surface area (Å²) in [7, 11) is 1.04. The van der Waals surface area contributed by atoms with Gasteiger partial charge in [0.25, 0.3) is 0 Å². The highest BCUT2D eigenvalue weighted by Crippen LogP contribution is 2.27. The maximum absolute atomic E-state index is 13.5. The van der Waals surface area contributed by atoms with Crippen LogP contribution in [0.3, 0.4) is 0 Å². The molecule has 0 aliphatic carbocycles. The second-order valence-corrected chi connectivity index (χ2v) is 10.2. The molecule has 44 heavy (non-hydrogen) atoms. The Balaban J connectivity index is 1.43. The number of hydrogen-bond donors (Lipinski definition) is 2. The molecule has 9 nitrogen and oxygen atoms in total. The molecule has 1 atom stereocenters. The molecule has 4 aromatic carbocycles. The first kappa shape index (κ1) is 30.3. The number of esters is 2. The van der Waals surface area contributed by atoms with Gasteiger partial charge in [0.15, 0.2) is 5.69 Å². The number of aromatic nitrogens is 2. The quantitative estimate of drug-likeness (QED) is 0.212. The van der Waals surface area contributed by atoms with Gasteiger partial charge in [0.2, 0.25) is 5.60 Å². The Morgan fingerprint density at radius 1 is 0.864 bits per heavy atom. The molecule has 5 aromatic rings. The first-order chi connectivity index (χ1) is 21.2. The maximum Gasteiger partial charge on any atom is 0.359 e. The molecule has 2 N–H and O–H groups in total. The molecule has 0 aliphatic rings. The van der Waals surface area contributed by atoms with Crippen LogP contribution in [-0.2, 0) is 27.4 Å². The molecule has 226 valence electrons. The molecule has 0 amide bonds. The molecule has 0 saturated carbocycles. The fraction of sp³-hybridized carbons (Fsp3) is 0.182. The van der Waals surface area contributed by atoms with Crippen LogP contribution >= 0.6 is 0 Å². The summed E-state index contributed by atoms with van der Waals surface area (Å²) in [6, 6.07) is 26.9. The van der Waals surface area contributed by atoms with E-state index < -0.39 is 30.8 Å². The number of aliphatic hydroxyl groups is 2. The van der Waals surface area contributed by atoms with Gasteiger partial charge in [-0.25, -0.2) is 23.1 Å². The third-order valence-electron chi connectivity index (χ3n) is 7.08. The number of anilines is 1. The lowest BCUT2D eigenvalue weighted by Gasteiger charge is -2.25. The van der Waals surface area contributed by atoms with Crippen molar-refractivity contribution >= 4 is 28.5 Å². The van der Waals surface area contributed by atoms with Gasteiger partial charge in [-0.3, -0.25) is 0 Å². The van der Waals surface area contributed by atoms with E-state index in [1.165, 1.54) is 24.3 Å². The first-order valence-electron chi connectivity index (χ1n) is 13.6. The lowest BCUT2D eigenvalue weighted by Crippen LogP contribution is -2.48. The van der Waals surface area contributed by atoms with Crippen LogP contribution in [0.4, 0.5) is 14.5 Å². The first-order valence-corrected chi connectivity index (χ1v) is 13.6. The van der Waals surface area contributed by atoms with E-state index in [0.29, 0.717) is 29.7 Å². The SMILES string of the molecule is COC(=O)[C@@](O)(CO)COC(=O)c1nn(-c2ccc(N(Cc3ccc(F)cc3)Cc3ccc(F)cc3)cc2)c2ccccc12. The van der Waals surface area contributed by atoms with Crippen molar-refractivity contribution in [3.05, 3.63) is 126 Å². The fourth-order valence-electron chi connectivity index (χ4n) is 4.69. The maximum atomic E-state index is 13.5. The Bertz CT molecular complexity index is 1710. The molecule has 0 radical (unpaired) electrons. The van der Waals surface area contributed by atoms with Gasteiger partial charge in [0.1, 0.15) is 18.2 Å². The number of nitrogens with zero attached hydrogens (tertiary/aromatic N) is 3. The number of methoxy groups -OCH3 is 1. The van der Waals surface area contributed by atoms with Gasteiger partial charge < -0.3 is 24.6 Å². The molecule has 0 aliphatic heterocycles. The third-order valence-corrected chi connectivity index (χ3v) is 7.08. The van der Waals surface area contributed by atoms with Crippen molar-refractivity contribution in [3.8, 4) is 5.69 Å². The molecular weight excluding hydrogens is 572 g/mol. The van der Waals surface area contributed by atoms with E-state index in [4.69, 9.17) is 4.74 Å². The Hall–Kier alpha value is -5.13. The van der Waals surface area contributed by atoms with Crippen molar-refractivity contribution in [2.45, 2.75) is 18.7 Å². The van der Waals surface area contributed by atoms with Gasteiger partial charge in [-0.2, -0.15) is 5.10 Å². The van der Waals surface area contributed by atoms with Crippen LogP contribution in [0.25, 0.3) is 16.6 Å². The Morgan fingerprint density at radius 3 is 1.98 bits per heavy atom. The zero-order chi connectivity index (χ0) is 31.3. The predicted molar refractivity (Wildman–Crippen MR) is 158 cm³/mol. The number of hydrogen-bond acceptors (Lipinski definition) is 8. The molecule has 1 aromatic heterocycles. The second-order valence-electron chi connectivity index (χ2n) is 10.2. The smallest absolute Gasteiger partial charge is 0.359 e. The summed E-state index contributed by atoms with van der Waals surface area (Å²) < 4.78 is 38.3. The molecule has 0 spiro atoms. The number of rotatable bonds is 11. The molecule has 1 heterocycles. The average Bonchev–Trinajstić information content (AvgIpc) is 3.44. The Morgan fingerprint density at radius 2 is 1.43 bits per heavy atom. The van der Waals surface area contributed by atoms with Crippen LogP contribution in [0, 0.1) is 11.6 Å². The van der Waals surface area contributed by atoms with Crippen molar-refractivity contribution in [2.75, 3.05) is 25.2 Å². The summed E-state index contributed by atoms with van der Waals surface area (Å²) in [5.41, 5.74) is 1.39. The minimum absolute atomic E-state index is 0.0518. The lowest BCUT2D eigenvalue weighted by molar-refractivity contribution is -0.171. The van der Waals surface area contributed by atoms with E-state index in [9.17, 15) is 28.6 Å². The van der Waals surface area contributed by atoms with Gasteiger partial charge in [-0.05, 0) is 65.7 Å². The summed E-state index contributed by atoms with van der Waals surface area (Å²) in [6.07, 6.45) is 0.